The molecule has 1 aliphatic rings. The fourth-order valence-corrected chi connectivity index (χ4v) is 2.59. The minimum Gasteiger partial charge on any atom is -0.343 e. The average Bonchev–Trinajstić information content (AvgIpc) is 2.96. The van der Waals surface area contributed by atoms with Crippen LogP contribution in [0.5, 0.6) is 0 Å². The molecule has 0 atom stereocenters. The number of amides is 1. The Morgan fingerprint density at radius 2 is 2.26 bits per heavy atom. The Bertz CT molecular complexity index is 371. The third kappa shape index (κ3) is 4.35. The molecule has 1 fully saturated rings. The number of hydrogen-bond donors (Lipinski definition) is 1. The van der Waals surface area contributed by atoms with Gasteiger partial charge in [-0.1, -0.05) is 0 Å². The normalized spacial score (nSPS) is 16.5. The maximum absolute atomic E-state index is 12.2. The van der Waals surface area contributed by atoms with Crippen LogP contribution in [0, 0.1) is 5.92 Å². The van der Waals surface area contributed by atoms with Crippen LogP contribution in [0.1, 0.15) is 26.2 Å². The van der Waals surface area contributed by atoms with Gasteiger partial charge in [-0.25, -0.2) is 4.98 Å². The lowest BCUT2D eigenvalue weighted by Crippen LogP contribution is -2.39. The molecule has 0 radical (unpaired) electrons. The molecule has 19 heavy (non-hydrogen) atoms. The van der Waals surface area contributed by atoms with Gasteiger partial charge in [0.05, 0.1) is 6.33 Å². The second-order valence-electron chi connectivity index (χ2n) is 5.18. The molecule has 1 N–H and O–H groups in total. The highest BCUT2D eigenvalue weighted by Crippen LogP contribution is 2.14. The largest absolute Gasteiger partial charge is 0.343 e. The number of nitrogens with zero attached hydrogens (tertiary/aromatic N) is 3. The van der Waals surface area contributed by atoms with Crippen LogP contribution in [0.4, 0.5) is 0 Å². The number of carbonyl (C=O) groups excluding carboxylic acids is 1. The van der Waals surface area contributed by atoms with Crippen molar-refractivity contribution in [3.63, 3.8) is 0 Å². The van der Waals surface area contributed by atoms with Crippen molar-refractivity contribution in [2.75, 3.05) is 26.2 Å². The van der Waals surface area contributed by atoms with Gasteiger partial charge in [-0.15, -0.1) is 0 Å². The number of imidazole rings is 1. The molecule has 5 nitrogen and oxygen atoms in total. The molecule has 0 unspecified atom stereocenters. The van der Waals surface area contributed by atoms with Crippen LogP contribution in [0.15, 0.2) is 18.7 Å². The Balaban J connectivity index is 1.77. The van der Waals surface area contributed by atoms with E-state index in [0.29, 0.717) is 12.3 Å². The van der Waals surface area contributed by atoms with Crippen LogP contribution in [0.25, 0.3) is 0 Å². The zero-order valence-corrected chi connectivity index (χ0v) is 11.7. The molecule has 2 heterocycles. The number of rotatable bonds is 6. The molecule has 0 spiro atoms. The molecule has 0 aromatic carbocycles. The highest BCUT2D eigenvalue weighted by molar-refractivity contribution is 5.76. The summed E-state index contributed by atoms with van der Waals surface area (Å²) in [5.41, 5.74) is 0. The zero-order chi connectivity index (χ0) is 13.5. The lowest BCUT2D eigenvalue weighted by Gasteiger charge is -2.29. The van der Waals surface area contributed by atoms with Gasteiger partial charge in [0.25, 0.3) is 0 Å². The van der Waals surface area contributed by atoms with Crippen LogP contribution in [0.3, 0.4) is 0 Å². The first-order chi connectivity index (χ1) is 9.29. The van der Waals surface area contributed by atoms with E-state index in [9.17, 15) is 4.79 Å². The summed E-state index contributed by atoms with van der Waals surface area (Å²) in [6, 6.07) is 0. The molecular weight excluding hydrogens is 240 g/mol. The maximum atomic E-state index is 12.2. The molecule has 0 saturated carbocycles. The Kier molecular flexibility index (Phi) is 5.39. The lowest BCUT2D eigenvalue weighted by atomic mass is 9.97. The van der Waals surface area contributed by atoms with E-state index in [1.807, 2.05) is 15.7 Å². The fraction of sp³-hybridized carbons (Fsp3) is 0.714. The van der Waals surface area contributed by atoms with Crippen molar-refractivity contribution in [3.8, 4) is 0 Å². The summed E-state index contributed by atoms with van der Waals surface area (Å²) in [6.07, 6.45) is 8.34. The van der Waals surface area contributed by atoms with Gasteiger partial charge in [0.15, 0.2) is 0 Å². The molecule has 1 aromatic heterocycles. The smallest absolute Gasteiger partial charge is 0.224 e. The number of piperidine rings is 1. The molecule has 1 aromatic rings. The van der Waals surface area contributed by atoms with Crippen LogP contribution in [0.2, 0.25) is 0 Å². The summed E-state index contributed by atoms with van der Waals surface area (Å²) in [4.78, 5) is 18.2. The van der Waals surface area contributed by atoms with Crippen molar-refractivity contribution in [2.45, 2.75) is 32.7 Å². The molecule has 0 aliphatic carbocycles. The molecule has 1 aliphatic heterocycles. The van der Waals surface area contributed by atoms with Crippen molar-refractivity contribution < 1.29 is 4.79 Å². The number of nitrogens with one attached hydrogen (secondary N) is 1. The number of hydrogen-bond acceptors (Lipinski definition) is 3. The van der Waals surface area contributed by atoms with Gasteiger partial charge in [0, 0.05) is 38.4 Å². The Morgan fingerprint density at radius 1 is 1.47 bits per heavy atom. The Hall–Kier alpha value is -1.36. The highest BCUT2D eigenvalue weighted by Gasteiger charge is 2.19. The number of aryl methyl sites for hydroxylation is 1. The summed E-state index contributed by atoms with van der Waals surface area (Å²) < 4.78 is 1.95. The third-order valence-corrected chi connectivity index (χ3v) is 3.81. The predicted octanol–water partition coefficient (Wildman–Crippen LogP) is 1.12. The summed E-state index contributed by atoms with van der Waals surface area (Å²) in [6.45, 7) is 6.70. The molecule has 106 valence electrons. The summed E-state index contributed by atoms with van der Waals surface area (Å²) in [5.74, 6) is 0.924. The number of carbonyl (C=O) groups is 1. The summed E-state index contributed by atoms with van der Waals surface area (Å²) in [7, 11) is 0. The predicted molar refractivity (Wildman–Crippen MR) is 74.7 cm³/mol. The van der Waals surface area contributed by atoms with E-state index in [1.165, 1.54) is 12.8 Å². The lowest BCUT2D eigenvalue weighted by molar-refractivity contribution is -0.132. The van der Waals surface area contributed by atoms with Gasteiger partial charge in [0.1, 0.15) is 0 Å². The molecule has 2 rings (SSSR count). The van der Waals surface area contributed by atoms with Gasteiger partial charge in [-0.05, 0) is 38.8 Å². The average molecular weight is 264 g/mol. The molecule has 1 amide bonds. The summed E-state index contributed by atoms with van der Waals surface area (Å²) in [5, 5.41) is 3.37. The van der Waals surface area contributed by atoms with Crippen molar-refractivity contribution in [1.82, 2.24) is 19.8 Å². The first-order valence-corrected chi connectivity index (χ1v) is 7.24. The first-order valence-electron chi connectivity index (χ1n) is 7.24. The van der Waals surface area contributed by atoms with Crippen LogP contribution in [-0.4, -0.2) is 46.5 Å². The highest BCUT2D eigenvalue weighted by atomic mass is 16.2. The molecule has 1 saturated heterocycles. The van der Waals surface area contributed by atoms with E-state index in [0.717, 1.165) is 32.7 Å². The van der Waals surface area contributed by atoms with Gasteiger partial charge < -0.3 is 14.8 Å². The third-order valence-electron chi connectivity index (χ3n) is 3.81. The van der Waals surface area contributed by atoms with E-state index in [1.54, 1.807) is 12.5 Å². The van der Waals surface area contributed by atoms with Crippen LogP contribution >= 0.6 is 0 Å². The molecule has 5 heteroatoms. The zero-order valence-electron chi connectivity index (χ0n) is 11.7. The minimum absolute atomic E-state index is 0.259. The second-order valence-corrected chi connectivity index (χ2v) is 5.18. The SMILES string of the molecule is CCN(CC1CCNCC1)C(=O)CCn1ccnc1. The van der Waals surface area contributed by atoms with Gasteiger partial charge in [-0.2, -0.15) is 0 Å². The Labute approximate surface area is 115 Å². The Morgan fingerprint density at radius 3 is 2.89 bits per heavy atom. The van der Waals surface area contributed by atoms with Gasteiger partial charge in [0.2, 0.25) is 5.91 Å². The van der Waals surface area contributed by atoms with Crippen molar-refractivity contribution in [2.24, 2.45) is 5.92 Å². The topological polar surface area (TPSA) is 50.2 Å². The van der Waals surface area contributed by atoms with Crippen molar-refractivity contribution in [1.29, 1.82) is 0 Å². The number of aromatic nitrogens is 2. The van der Waals surface area contributed by atoms with Crippen LogP contribution < -0.4 is 5.32 Å². The molecular formula is C14H24N4O. The van der Waals surface area contributed by atoms with Gasteiger partial charge in [-0.3, -0.25) is 4.79 Å². The molecule has 0 bridgehead atoms. The van der Waals surface area contributed by atoms with E-state index in [4.69, 9.17) is 0 Å². The fourth-order valence-electron chi connectivity index (χ4n) is 2.59. The van der Waals surface area contributed by atoms with E-state index in [2.05, 4.69) is 17.2 Å². The van der Waals surface area contributed by atoms with E-state index < -0.39 is 0 Å². The van der Waals surface area contributed by atoms with E-state index in [-0.39, 0.29) is 5.91 Å². The first kappa shape index (κ1) is 14.1. The second kappa shape index (κ2) is 7.28. The maximum Gasteiger partial charge on any atom is 0.224 e. The standard InChI is InChI=1S/C14H24N4O/c1-2-18(11-13-3-6-15-7-4-13)14(19)5-9-17-10-8-16-12-17/h8,10,12-13,15H,2-7,9,11H2,1H3. The van der Waals surface area contributed by atoms with E-state index >= 15 is 0 Å². The minimum atomic E-state index is 0.259. The monoisotopic (exact) mass is 264 g/mol. The summed E-state index contributed by atoms with van der Waals surface area (Å²) >= 11 is 0. The van der Waals surface area contributed by atoms with Gasteiger partial charge >= 0.3 is 0 Å². The van der Waals surface area contributed by atoms with Crippen molar-refractivity contribution >= 4 is 5.91 Å². The quantitative estimate of drug-likeness (QED) is 0.837. The van der Waals surface area contributed by atoms with Crippen molar-refractivity contribution in [3.05, 3.63) is 18.7 Å². The van der Waals surface area contributed by atoms with Crippen LogP contribution in [-0.2, 0) is 11.3 Å².